The van der Waals surface area contributed by atoms with Gasteiger partial charge in [-0.1, -0.05) is 25.1 Å². The van der Waals surface area contributed by atoms with Gasteiger partial charge in [0.05, 0.1) is 0 Å². The predicted molar refractivity (Wildman–Crippen MR) is 67.9 cm³/mol. The van der Waals surface area contributed by atoms with Gasteiger partial charge in [0.1, 0.15) is 5.75 Å². The van der Waals surface area contributed by atoms with Crippen LogP contribution in [0, 0.1) is 0 Å². The molecule has 5 heteroatoms. The van der Waals surface area contributed by atoms with Crippen molar-refractivity contribution in [2.45, 2.75) is 19.1 Å². The molecule has 0 aromatic heterocycles. The van der Waals surface area contributed by atoms with E-state index in [1.165, 1.54) is 0 Å². The Kier molecular flexibility index (Phi) is 5.63. The van der Waals surface area contributed by atoms with E-state index < -0.39 is 8.80 Å². The number of benzene rings is 1. The first-order valence-electron chi connectivity index (χ1n) is 5.59. The van der Waals surface area contributed by atoms with Crippen LogP contribution < -0.4 is 4.74 Å². The molecule has 0 spiro atoms. The van der Waals surface area contributed by atoms with Crippen molar-refractivity contribution in [1.29, 1.82) is 0 Å². The number of hydrogen-bond acceptors (Lipinski definition) is 4. The molecule has 1 unspecified atom stereocenters. The lowest BCUT2D eigenvalue weighted by Gasteiger charge is -2.31. The standard InChI is InChI=1S/C12H20O4Si/c1-5-12(17(13-2,14-3)15-4)16-11-9-7-6-8-10-11/h6-10,12H,5H2,1-4H3. The van der Waals surface area contributed by atoms with Crippen molar-refractivity contribution in [1.82, 2.24) is 0 Å². The highest BCUT2D eigenvalue weighted by Crippen LogP contribution is 2.21. The Morgan fingerprint density at radius 3 is 1.94 bits per heavy atom. The molecule has 0 heterocycles. The third-order valence-electron chi connectivity index (χ3n) is 2.64. The second-order valence-electron chi connectivity index (χ2n) is 3.54. The SMILES string of the molecule is CCC(Oc1ccccc1)[Si](OC)(OC)OC. The van der Waals surface area contributed by atoms with E-state index in [0.717, 1.165) is 12.2 Å². The monoisotopic (exact) mass is 256 g/mol. The number of para-hydroxylation sites is 1. The zero-order valence-electron chi connectivity index (χ0n) is 10.8. The Morgan fingerprint density at radius 1 is 1.00 bits per heavy atom. The molecule has 0 saturated carbocycles. The number of hydrogen-bond donors (Lipinski definition) is 0. The molecule has 0 N–H and O–H groups in total. The van der Waals surface area contributed by atoms with E-state index in [2.05, 4.69) is 0 Å². The second-order valence-corrected chi connectivity index (χ2v) is 6.62. The van der Waals surface area contributed by atoms with Crippen LogP contribution in [0.1, 0.15) is 13.3 Å². The summed E-state index contributed by atoms with van der Waals surface area (Å²) in [6.07, 6.45) is 0.761. The maximum Gasteiger partial charge on any atom is 0.543 e. The van der Waals surface area contributed by atoms with Gasteiger partial charge in [-0.25, -0.2) is 0 Å². The fourth-order valence-corrected chi connectivity index (χ4v) is 3.78. The highest BCUT2D eigenvalue weighted by molar-refractivity contribution is 6.62. The number of ether oxygens (including phenoxy) is 1. The normalized spacial score (nSPS) is 13.4. The maximum absolute atomic E-state index is 5.89. The summed E-state index contributed by atoms with van der Waals surface area (Å²) in [5.74, 6) is 0.794. The van der Waals surface area contributed by atoms with Gasteiger partial charge in [0.25, 0.3) is 0 Å². The molecule has 1 aromatic rings. The van der Waals surface area contributed by atoms with Crippen LogP contribution in [-0.2, 0) is 13.3 Å². The van der Waals surface area contributed by atoms with Crippen molar-refractivity contribution in [2.24, 2.45) is 0 Å². The molecule has 0 amide bonds. The molecule has 0 aliphatic heterocycles. The largest absolute Gasteiger partial charge is 0.543 e. The van der Waals surface area contributed by atoms with Crippen LogP contribution in [0.25, 0.3) is 0 Å². The summed E-state index contributed by atoms with van der Waals surface area (Å²) in [6.45, 7) is 2.02. The lowest BCUT2D eigenvalue weighted by Crippen LogP contribution is -2.56. The first kappa shape index (κ1) is 14.2. The third kappa shape index (κ3) is 3.29. The Balaban J connectivity index is 2.83. The number of rotatable bonds is 7. The Labute approximate surface area is 104 Å². The molecule has 1 atom stereocenters. The molecular weight excluding hydrogens is 236 g/mol. The molecule has 0 fully saturated rings. The van der Waals surface area contributed by atoms with Gasteiger partial charge in [-0.3, -0.25) is 0 Å². The van der Waals surface area contributed by atoms with Gasteiger partial charge < -0.3 is 18.0 Å². The van der Waals surface area contributed by atoms with Crippen molar-refractivity contribution < 1.29 is 18.0 Å². The Hall–Kier alpha value is -0.883. The molecule has 0 aliphatic rings. The highest BCUT2D eigenvalue weighted by atomic mass is 28.4. The quantitative estimate of drug-likeness (QED) is 0.701. The lowest BCUT2D eigenvalue weighted by atomic mass is 10.3. The van der Waals surface area contributed by atoms with Crippen molar-refractivity contribution in [3.8, 4) is 5.75 Å². The molecule has 1 rings (SSSR count). The van der Waals surface area contributed by atoms with Crippen LogP contribution in [0.15, 0.2) is 30.3 Å². The minimum absolute atomic E-state index is 0.204. The highest BCUT2D eigenvalue weighted by Gasteiger charge is 2.48. The first-order chi connectivity index (χ1) is 8.22. The average molecular weight is 256 g/mol. The van der Waals surface area contributed by atoms with Crippen LogP contribution in [0.2, 0.25) is 0 Å². The van der Waals surface area contributed by atoms with Gasteiger partial charge in [0.15, 0.2) is 5.73 Å². The van der Waals surface area contributed by atoms with Gasteiger partial charge >= 0.3 is 8.80 Å². The van der Waals surface area contributed by atoms with Crippen molar-refractivity contribution >= 4 is 8.80 Å². The van der Waals surface area contributed by atoms with Gasteiger partial charge in [0, 0.05) is 21.3 Å². The fourth-order valence-electron chi connectivity index (χ4n) is 1.71. The van der Waals surface area contributed by atoms with Crippen molar-refractivity contribution in [3.05, 3.63) is 30.3 Å². The molecule has 96 valence electrons. The van der Waals surface area contributed by atoms with Gasteiger partial charge in [0.2, 0.25) is 0 Å². The first-order valence-corrected chi connectivity index (χ1v) is 7.39. The Bertz CT molecular complexity index is 305. The van der Waals surface area contributed by atoms with Crippen LogP contribution in [-0.4, -0.2) is 35.9 Å². The topological polar surface area (TPSA) is 36.9 Å². The summed E-state index contributed by atoms with van der Waals surface area (Å²) in [7, 11) is 2.03. The minimum Gasteiger partial charge on any atom is -0.486 e. The lowest BCUT2D eigenvalue weighted by molar-refractivity contribution is 0.0666. The van der Waals surface area contributed by atoms with Crippen LogP contribution in [0.5, 0.6) is 5.75 Å². The molecule has 0 saturated heterocycles. The minimum atomic E-state index is -2.75. The van der Waals surface area contributed by atoms with Crippen LogP contribution in [0.3, 0.4) is 0 Å². The molecule has 1 aromatic carbocycles. The Morgan fingerprint density at radius 2 is 1.53 bits per heavy atom. The van der Waals surface area contributed by atoms with E-state index >= 15 is 0 Å². The van der Waals surface area contributed by atoms with Crippen molar-refractivity contribution in [3.63, 3.8) is 0 Å². The molecule has 0 bridgehead atoms. The van der Waals surface area contributed by atoms with Crippen molar-refractivity contribution in [2.75, 3.05) is 21.3 Å². The van der Waals surface area contributed by atoms with Gasteiger partial charge in [-0.05, 0) is 18.6 Å². The molecule has 0 radical (unpaired) electrons. The third-order valence-corrected chi connectivity index (χ3v) is 5.66. The summed E-state index contributed by atoms with van der Waals surface area (Å²) in [6, 6.07) is 9.61. The molecule has 0 aliphatic carbocycles. The summed E-state index contributed by atoms with van der Waals surface area (Å²) in [5, 5.41) is 0. The zero-order chi connectivity index (χ0) is 12.7. The van der Waals surface area contributed by atoms with E-state index in [4.69, 9.17) is 18.0 Å². The van der Waals surface area contributed by atoms with E-state index in [9.17, 15) is 0 Å². The molecule has 17 heavy (non-hydrogen) atoms. The summed E-state index contributed by atoms with van der Waals surface area (Å²) in [5.41, 5.74) is -0.204. The smallest absolute Gasteiger partial charge is 0.486 e. The van der Waals surface area contributed by atoms with E-state index in [0.29, 0.717) is 0 Å². The summed E-state index contributed by atoms with van der Waals surface area (Å²) >= 11 is 0. The predicted octanol–water partition coefficient (Wildman–Crippen LogP) is 2.26. The summed E-state index contributed by atoms with van der Waals surface area (Å²) < 4.78 is 22.2. The molecule has 4 nitrogen and oxygen atoms in total. The maximum atomic E-state index is 5.89. The van der Waals surface area contributed by atoms with E-state index in [-0.39, 0.29) is 5.73 Å². The van der Waals surface area contributed by atoms with Gasteiger partial charge in [-0.2, -0.15) is 0 Å². The van der Waals surface area contributed by atoms with Gasteiger partial charge in [-0.15, -0.1) is 0 Å². The van der Waals surface area contributed by atoms with E-state index in [1.54, 1.807) is 21.3 Å². The summed E-state index contributed by atoms with van der Waals surface area (Å²) in [4.78, 5) is 0. The second kappa shape index (κ2) is 6.76. The fraction of sp³-hybridized carbons (Fsp3) is 0.500. The van der Waals surface area contributed by atoms with Crippen LogP contribution in [0.4, 0.5) is 0 Å². The average Bonchev–Trinajstić information content (AvgIpc) is 2.41. The zero-order valence-corrected chi connectivity index (χ0v) is 11.8. The van der Waals surface area contributed by atoms with E-state index in [1.807, 2.05) is 37.3 Å². The van der Waals surface area contributed by atoms with Crippen LogP contribution >= 0.6 is 0 Å². The molecular formula is C12H20O4Si.